The minimum Gasteiger partial charge on any atom is -0.478 e. The number of rotatable bonds is 3. The van der Waals surface area contributed by atoms with E-state index in [1.165, 1.54) is 6.07 Å². The second-order valence-corrected chi connectivity index (χ2v) is 5.56. The number of amides is 1. The highest BCUT2D eigenvalue weighted by Crippen LogP contribution is 2.22. The fourth-order valence-corrected chi connectivity index (χ4v) is 2.38. The molecule has 4 nitrogen and oxygen atoms in total. The third-order valence-corrected chi connectivity index (χ3v) is 4.00. The number of benzene rings is 2. The molecular weight excluding hydrogens is 334 g/mol. The molecule has 0 aromatic heterocycles. The second kappa shape index (κ2) is 6.10. The van der Waals surface area contributed by atoms with E-state index in [4.69, 9.17) is 5.11 Å². The van der Waals surface area contributed by atoms with Crippen molar-refractivity contribution in [2.75, 3.05) is 5.32 Å². The summed E-state index contributed by atoms with van der Waals surface area (Å²) in [5.41, 5.74) is 3.07. The predicted molar refractivity (Wildman–Crippen MR) is 85.0 cm³/mol. The van der Waals surface area contributed by atoms with Gasteiger partial charge in [0.15, 0.2) is 0 Å². The monoisotopic (exact) mass is 347 g/mol. The van der Waals surface area contributed by atoms with Crippen molar-refractivity contribution in [3.8, 4) is 0 Å². The number of carbonyl (C=O) groups excluding carboxylic acids is 1. The first-order valence-electron chi connectivity index (χ1n) is 6.30. The average Bonchev–Trinajstić information content (AvgIpc) is 2.43. The first-order valence-corrected chi connectivity index (χ1v) is 7.10. The van der Waals surface area contributed by atoms with Gasteiger partial charge >= 0.3 is 5.97 Å². The molecule has 0 saturated carbocycles. The van der Waals surface area contributed by atoms with Gasteiger partial charge in [0.2, 0.25) is 0 Å². The van der Waals surface area contributed by atoms with Gasteiger partial charge in [0, 0.05) is 15.7 Å². The number of aryl methyl sites for hydroxylation is 1. The van der Waals surface area contributed by atoms with E-state index in [0.29, 0.717) is 15.7 Å². The fraction of sp³-hybridized carbons (Fsp3) is 0.125. The number of aromatic carboxylic acids is 1. The van der Waals surface area contributed by atoms with E-state index >= 15 is 0 Å². The third-order valence-electron chi connectivity index (χ3n) is 3.30. The van der Waals surface area contributed by atoms with Gasteiger partial charge in [-0.1, -0.05) is 12.1 Å². The molecule has 2 rings (SSSR count). The molecule has 0 aliphatic rings. The van der Waals surface area contributed by atoms with Gasteiger partial charge in [-0.3, -0.25) is 4.79 Å². The lowest BCUT2D eigenvalue weighted by Crippen LogP contribution is -2.14. The van der Waals surface area contributed by atoms with E-state index in [9.17, 15) is 9.59 Å². The Morgan fingerprint density at radius 1 is 1.10 bits per heavy atom. The van der Waals surface area contributed by atoms with E-state index in [0.717, 1.165) is 11.1 Å². The van der Waals surface area contributed by atoms with Crippen molar-refractivity contribution < 1.29 is 14.7 Å². The minimum atomic E-state index is -1.05. The van der Waals surface area contributed by atoms with Crippen LogP contribution in [0.15, 0.2) is 40.9 Å². The Morgan fingerprint density at radius 2 is 1.81 bits per heavy atom. The number of nitrogens with one attached hydrogen (secondary N) is 1. The summed E-state index contributed by atoms with van der Waals surface area (Å²) in [6, 6.07) is 10.2. The van der Waals surface area contributed by atoms with Crippen molar-refractivity contribution in [3.05, 3.63) is 63.1 Å². The van der Waals surface area contributed by atoms with Crippen LogP contribution < -0.4 is 5.32 Å². The standard InChI is InChI=1S/C16H14BrNO3/c1-9-4-3-5-12(10(9)2)15(19)18-11-6-7-14(17)13(8-11)16(20)21/h3-8H,1-2H3,(H,18,19)(H,20,21). The molecule has 2 aromatic rings. The van der Waals surface area contributed by atoms with Crippen LogP contribution in [0.4, 0.5) is 5.69 Å². The molecule has 0 radical (unpaired) electrons. The zero-order valence-corrected chi connectivity index (χ0v) is 13.2. The van der Waals surface area contributed by atoms with Crippen molar-refractivity contribution in [2.45, 2.75) is 13.8 Å². The first-order chi connectivity index (χ1) is 9.90. The Morgan fingerprint density at radius 3 is 2.48 bits per heavy atom. The highest BCUT2D eigenvalue weighted by atomic mass is 79.9. The number of hydrogen-bond donors (Lipinski definition) is 2. The summed E-state index contributed by atoms with van der Waals surface area (Å²) < 4.78 is 0.472. The Balaban J connectivity index is 2.30. The lowest BCUT2D eigenvalue weighted by molar-refractivity contribution is 0.0695. The van der Waals surface area contributed by atoms with Crippen LogP contribution in [0, 0.1) is 13.8 Å². The lowest BCUT2D eigenvalue weighted by Gasteiger charge is -2.10. The van der Waals surface area contributed by atoms with Crippen LogP contribution in [0.2, 0.25) is 0 Å². The van der Waals surface area contributed by atoms with Gasteiger partial charge in [-0.15, -0.1) is 0 Å². The van der Waals surface area contributed by atoms with E-state index in [2.05, 4.69) is 21.2 Å². The summed E-state index contributed by atoms with van der Waals surface area (Å²) in [5.74, 6) is -1.31. The molecule has 0 unspecified atom stereocenters. The van der Waals surface area contributed by atoms with Gasteiger partial charge in [-0.05, 0) is 65.2 Å². The van der Waals surface area contributed by atoms with Crippen LogP contribution in [-0.2, 0) is 0 Å². The SMILES string of the molecule is Cc1cccc(C(=O)Nc2ccc(Br)c(C(=O)O)c2)c1C. The maximum Gasteiger partial charge on any atom is 0.336 e. The highest BCUT2D eigenvalue weighted by Gasteiger charge is 2.13. The van der Waals surface area contributed by atoms with Crippen LogP contribution in [0.1, 0.15) is 31.8 Å². The first kappa shape index (κ1) is 15.3. The highest BCUT2D eigenvalue weighted by molar-refractivity contribution is 9.10. The molecule has 1 amide bonds. The molecule has 0 bridgehead atoms. The number of halogens is 1. The van der Waals surface area contributed by atoms with Crippen molar-refractivity contribution in [2.24, 2.45) is 0 Å². The predicted octanol–water partition coefficient (Wildman–Crippen LogP) is 4.02. The summed E-state index contributed by atoms with van der Waals surface area (Å²) in [7, 11) is 0. The number of carbonyl (C=O) groups is 2. The number of hydrogen-bond acceptors (Lipinski definition) is 2. The van der Waals surface area contributed by atoms with Gasteiger partial charge in [-0.25, -0.2) is 4.79 Å². The lowest BCUT2D eigenvalue weighted by atomic mass is 10.0. The third kappa shape index (κ3) is 3.31. The molecule has 21 heavy (non-hydrogen) atoms. The van der Waals surface area contributed by atoms with Crippen molar-refractivity contribution >= 4 is 33.5 Å². The van der Waals surface area contributed by atoms with E-state index in [1.807, 2.05) is 26.0 Å². The molecule has 108 valence electrons. The van der Waals surface area contributed by atoms with Crippen LogP contribution in [0.5, 0.6) is 0 Å². The van der Waals surface area contributed by atoms with Gasteiger partial charge < -0.3 is 10.4 Å². The fourth-order valence-electron chi connectivity index (χ4n) is 1.96. The summed E-state index contributed by atoms with van der Waals surface area (Å²) in [6.07, 6.45) is 0. The number of anilines is 1. The Kier molecular flexibility index (Phi) is 4.43. The molecule has 0 saturated heterocycles. The van der Waals surface area contributed by atoms with Gasteiger partial charge in [-0.2, -0.15) is 0 Å². The molecule has 0 heterocycles. The van der Waals surface area contributed by atoms with Crippen molar-refractivity contribution in [3.63, 3.8) is 0 Å². The van der Waals surface area contributed by atoms with Gasteiger partial charge in [0.25, 0.3) is 5.91 Å². The Hall–Kier alpha value is -2.14. The number of carboxylic acid groups (broad SMARTS) is 1. The summed E-state index contributed by atoms with van der Waals surface area (Å²) >= 11 is 3.17. The van der Waals surface area contributed by atoms with Gasteiger partial charge in [0.1, 0.15) is 0 Å². The Labute approximate surface area is 130 Å². The smallest absolute Gasteiger partial charge is 0.336 e. The summed E-state index contributed by atoms with van der Waals surface area (Å²) in [4.78, 5) is 23.4. The minimum absolute atomic E-state index is 0.105. The van der Waals surface area contributed by atoms with Crippen molar-refractivity contribution in [1.82, 2.24) is 0 Å². The molecular formula is C16H14BrNO3. The van der Waals surface area contributed by atoms with E-state index in [1.54, 1.807) is 18.2 Å². The van der Waals surface area contributed by atoms with E-state index in [-0.39, 0.29) is 11.5 Å². The molecule has 5 heteroatoms. The van der Waals surface area contributed by atoms with E-state index < -0.39 is 5.97 Å². The zero-order valence-electron chi connectivity index (χ0n) is 11.6. The topological polar surface area (TPSA) is 66.4 Å². The normalized spacial score (nSPS) is 10.2. The van der Waals surface area contributed by atoms with Crippen molar-refractivity contribution in [1.29, 1.82) is 0 Å². The molecule has 0 atom stereocenters. The maximum absolute atomic E-state index is 12.3. The molecule has 2 N–H and O–H groups in total. The quantitative estimate of drug-likeness (QED) is 0.881. The van der Waals surface area contributed by atoms with Gasteiger partial charge in [0.05, 0.1) is 5.56 Å². The Bertz CT molecular complexity index is 725. The van der Waals surface area contributed by atoms with Crippen LogP contribution >= 0.6 is 15.9 Å². The number of carboxylic acids is 1. The summed E-state index contributed by atoms with van der Waals surface area (Å²) in [5, 5.41) is 11.8. The molecule has 2 aromatic carbocycles. The molecule has 0 aliphatic carbocycles. The largest absolute Gasteiger partial charge is 0.478 e. The summed E-state index contributed by atoms with van der Waals surface area (Å²) in [6.45, 7) is 3.82. The average molecular weight is 348 g/mol. The molecule has 0 fully saturated rings. The molecule has 0 spiro atoms. The van der Waals surface area contributed by atoms with Crippen LogP contribution in [0.3, 0.4) is 0 Å². The van der Waals surface area contributed by atoms with Crippen LogP contribution in [-0.4, -0.2) is 17.0 Å². The zero-order chi connectivity index (χ0) is 15.6. The van der Waals surface area contributed by atoms with Crippen LogP contribution in [0.25, 0.3) is 0 Å². The second-order valence-electron chi connectivity index (χ2n) is 4.70. The maximum atomic E-state index is 12.3. The molecule has 0 aliphatic heterocycles.